The van der Waals surface area contributed by atoms with Gasteiger partial charge >= 0.3 is 18.4 Å². The third-order valence-electron chi connectivity index (χ3n) is 2.31. The second-order valence-corrected chi connectivity index (χ2v) is 6.09. The molecule has 0 aliphatic carbocycles. The molecule has 0 aliphatic heterocycles. The summed E-state index contributed by atoms with van der Waals surface area (Å²) in [6.07, 6.45) is -15.4. The third-order valence-corrected chi connectivity index (χ3v) is 2.31. The van der Waals surface area contributed by atoms with Crippen LogP contribution in [0.3, 0.4) is 0 Å². The van der Waals surface area contributed by atoms with Crippen LogP contribution in [0.5, 0.6) is 6.01 Å². The number of nitrogens with one attached hydrogen (secondary N) is 1. The fraction of sp³-hybridized carbons (Fsp3) is 0.750. The Labute approximate surface area is 134 Å². The summed E-state index contributed by atoms with van der Waals surface area (Å²) in [4.78, 5) is 12.1. The Balaban J connectivity index is 3.26. The van der Waals surface area contributed by atoms with E-state index in [1.54, 1.807) is 20.8 Å². The summed E-state index contributed by atoms with van der Waals surface area (Å²) in [6, 6.07) is -1.08. The first-order valence-corrected chi connectivity index (χ1v) is 6.61. The van der Waals surface area contributed by atoms with Gasteiger partial charge < -0.3 is 15.0 Å². The predicted octanol–water partition coefficient (Wildman–Crippen LogP) is 3.02. The van der Waals surface area contributed by atoms with E-state index in [0.717, 1.165) is 0 Å². The molecule has 0 saturated heterocycles. The summed E-state index contributed by atoms with van der Waals surface area (Å²) in [5, 5.41) is 2.74. The summed E-state index contributed by atoms with van der Waals surface area (Å²) in [6.45, 7) is 5.13. The van der Waals surface area contributed by atoms with E-state index in [9.17, 15) is 26.3 Å². The van der Waals surface area contributed by atoms with E-state index < -0.39 is 30.0 Å². The van der Waals surface area contributed by atoms with Crippen LogP contribution in [-0.2, 0) is 0 Å². The molecule has 0 aromatic carbocycles. The zero-order valence-electron chi connectivity index (χ0n) is 13.5. The Hall–Kier alpha value is -2.01. The molecular formula is C12H17F6N5O. The third kappa shape index (κ3) is 5.89. The first kappa shape index (κ1) is 20.0. The summed E-state index contributed by atoms with van der Waals surface area (Å²) < 4.78 is 79.6. The van der Waals surface area contributed by atoms with E-state index in [0.29, 0.717) is 0 Å². The summed E-state index contributed by atoms with van der Waals surface area (Å²) in [5.41, 5.74) is -0.588. The zero-order chi connectivity index (χ0) is 18.9. The maximum absolute atomic E-state index is 12.6. The lowest BCUT2D eigenvalue weighted by molar-refractivity contribution is -0.301. The zero-order valence-corrected chi connectivity index (χ0v) is 13.5. The van der Waals surface area contributed by atoms with Crippen LogP contribution in [0, 0.1) is 0 Å². The van der Waals surface area contributed by atoms with Crippen molar-refractivity contribution in [3.63, 3.8) is 0 Å². The van der Waals surface area contributed by atoms with Crippen LogP contribution < -0.4 is 15.0 Å². The lowest BCUT2D eigenvalue weighted by Crippen LogP contribution is -2.47. The van der Waals surface area contributed by atoms with Crippen molar-refractivity contribution in [2.45, 2.75) is 44.8 Å². The van der Waals surface area contributed by atoms with Crippen LogP contribution in [-0.4, -0.2) is 53.0 Å². The van der Waals surface area contributed by atoms with Gasteiger partial charge in [0.25, 0.3) is 6.10 Å². The molecule has 1 aromatic rings. The number of hydrogen-bond acceptors (Lipinski definition) is 6. The molecule has 138 valence electrons. The van der Waals surface area contributed by atoms with Crippen LogP contribution in [0.25, 0.3) is 0 Å². The Bertz CT molecular complexity index is 553. The number of hydrogen-bond donors (Lipinski definition) is 1. The number of rotatable bonds is 4. The monoisotopic (exact) mass is 361 g/mol. The van der Waals surface area contributed by atoms with E-state index in [1.807, 2.05) is 0 Å². The fourth-order valence-corrected chi connectivity index (χ4v) is 1.41. The molecule has 1 heterocycles. The number of nitrogens with zero attached hydrogens (tertiary/aromatic N) is 4. The predicted molar refractivity (Wildman–Crippen MR) is 74.1 cm³/mol. The largest absolute Gasteiger partial charge is 0.440 e. The van der Waals surface area contributed by atoms with Gasteiger partial charge in [-0.15, -0.1) is 0 Å². The number of halogens is 6. The van der Waals surface area contributed by atoms with Crippen LogP contribution in [0.1, 0.15) is 20.8 Å². The average molecular weight is 361 g/mol. The molecule has 0 unspecified atom stereocenters. The standard InChI is InChI=1S/C12H17F6N5O/c1-10(2,3)22-7-19-8(23(4)5)21-9(20-7)24-6(11(13,14)15)12(16,17)18/h6H,1-5H3,(H,19,20,21,22). The van der Waals surface area contributed by atoms with Gasteiger partial charge in [-0.2, -0.15) is 41.3 Å². The van der Waals surface area contributed by atoms with Gasteiger partial charge in [-0.1, -0.05) is 0 Å². The lowest BCUT2D eigenvalue weighted by Gasteiger charge is -2.24. The van der Waals surface area contributed by atoms with Gasteiger partial charge in [-0.3, -0.25) is 0 Å². The highest BCUT2D eigenvalue weighted by atomic mass is 19.4. The van der Waals surface area contributed by atoms with E-state index in [4.69, 9.17) is 0 Å². The number of anilines is 2. The Morgan fingerprint density at radius 1 is 0.917 bits per heavy atom. The molecule has 0 spiro atoms. The summed E-state index contributed by atoms with van der Waals surface area (Å²) in [7, 11) is 2.93. The molecule has 1 aromatic heterocycles. The normalized spacial score (nSPS) is 13.2. The van der Waals surface area contributed by atoms with Crippen LogP contribution in [0.2, 0.25) is 0 Å². The van der Waals surface area contributed by atoms with Crippen LogP contribution in [0.4, 0.5) is 38.2 Å². The van der Waals surface area contributed by atoms with Crippen molar-refractivity contribution < 1.29 is 31.1 Å². The number of aromatic nitrogens is 3. The van der Waals surface area contributed by atoms with Crippen LogP contribution >= 0.6 is 0 Å². The van der Waals surface area contributed by atoms with Gasteiger partial charge in [0.15, 0.2) is 0 Å². The van der Waals surface area contributed by atoms with E-state index >= 15 is 0 Å². The molecule has 0 atom stereocenters. The maximum atomic E-state index is 12.6. The molecule has 0 saturated carbocycles. The topological polar surface area (TPSA) is 63.2 Å². The molecule has 12 heteroatoms. The lowest BCUT2D eigenvalue weighted by atomic mass is 10.1. The molecule has 0 amide bonds. The minimum Gasteiger partial charge on any atom is -0.440 e. The summed E-state index contributed by atoms with van der Waals surface area (Å²) in [5.74, 6) is -0.367. The fourth-order valence-electron chi connectivity index (χ4n) is 1.41. The highest BCUT2D eigenvalue weighted by Gasteiger charge is 2.59. The van der Waals surface area contributed by atoms with Gasteiger partial charge in [-0.05, 0) is 20.8 Å². The molecular weight excluding hydrogens is 344 g/mol. The first-order chi connectivity index (χ1) is 10.6. The number of alkyl halides is 6. The average Bonchev–Trinajstić information content (AvgIpc) is 2.30. The minimum absolute atomic E-state index is 0.158. The Kier molecular flexibility index (Phi) is 5.41. The Morgan fingerprint density at radius 2 is 1.42 bits per heavy atom. The summed E-state index contributed by atoms with van der Waals surface area (Å²) >= 11 is 0. The van der Waals surface area contributed by atoms with Gasteiger partial charge in [0.1, 0.15) is 0 Å². The van der Waals surface area contributed by atoms with Crippen molar-refractivity contribution in [1.82, 2.24) is 15.0 Å². The van der Waals surface area contributed by atoms with Gasteiger partial charge in [0, 0.05) is 19.6 Å². The molecule has 0 radical (unpaired) electrons. The van der Waals surface area contributed by atoms with Crippen LogP contribution in [0.15, 0.2) is 0 Å². The minimum atomic E-state index is -5.67. The second-order valence-electron chi connectivity index (χ2n) is 6.09. The maximum Gasteiger partial charge on any atom is 0.434 e. The van der Waals surface area contributed by atoms with Gasteiger partial charge in [-0.25, -0.2) is 0 Å². The van der Waals surface area contributed by atoms with E-state index in [1.165, 1.54) is 19.0 Å². The smallest absolute Gasteiger partial charge is 0.434 e. The van der Waals surface area contributed by atoms with E-state index in [2.05, 4.69) is 25.0 Å². The van der Waals surface area contributed by atoms with Crippen molar-refractivity contribution in [1.29, 1.82) is 0 Å². The van der Waals surface area contributed by atoms with E-state index in [-0.39, 0.29) is 11.9 Å². The van der Waals surface area contributed by atoms with Crippen molar-refractivity contribution in [2.75, 3.05) is 24.3 Å². The first-order valence-electron chi connectivity index (χ1n) is 6.61. The molecule has 1 rings (SSSR count). The molecule has 24 heavy (non-hydrogen) atoms. The molecule has 0 aliphatic rings. The van der Waals surface area contributed by atoms with Crippen molar-refractivity contribution in [3.05, 3.63) is 0 Å². The van der Waals surface area contributed by atoms with Crippen molar-refractivity contribution in [3.8, 4) is 6.01 Å². The highest BCUT2D eigenvalue weighted by Crippen LogP contribution is 2.36. The quantitative estimate of drug-likeness (QED) is 0.832. The van der Waals surface area contributed by atoms with Crippen molar-refractivity contribution in [2.24, 2.45) is 0 Å². The van der Waals surface area contributed by atoms with Gasteiger partial charge in [0.05, 0.1) is 0 Å². The van der Waals surface area contributed by atoms with Crippen molar-refractivity contribution >= 4 is 11.9 Å². The molecule has 1 N–H and O–H groups in total. The van der Waals surface area contributed by atoms with Gasteiger partial charge in [0.2, 0.25) is 11.9 Å². The molecule has 0 bridgehead atoms. The Morgan fingerprint density at radius 3 is 1.79 bits per heavy atom. The number of ether oxygens (including phenoxy) is 1. The molecule has 6 nitrogen and oxygen atoms in total. The SMILES string of the molecule is CN(C)c1nc(NC(C)(C)C)nc(OC(C(F)(F)F)C(F)(F)F)n1. The highest BCUT2D eigenvalue weighted by molar-refractivity contribution is 5.38. The second kappa shape index (κ2) is 6.48. The molecule has 0 fully saturated rings.